The van der Waals surface area contributed by atoms with Crippen molar-refractivity contribution in [3.8, 4) is 0 Å². The second-order valence-electron chi connectivity index (χ2n) is 3.24. The van der Waals surface area contributed by atoms with E-state index in [4.69, 9.17) is 5.73 Å². The first-order valence-corrected chi connectivity index (χ1v) is 3.74. The fourth-order valence-corrected chi connectivity index (χ4v) is 1.54. The first kappa shape index (κ1) is 10.3. The van der Waals surface area contributed by atoms with Gasteiger partial charge in [-0.2, -0.15) is 13.2 Å². The highest BCUT2D eigenvalue weighted by atomic mass is 19.4. The molecule has 6 heteroatoms. The maximum absolute atomic E-state index is 12.4. The molecule has 1 aliphatic rings. The standard InChI is InChI=1S/C7H10F3NO2/c1-13-5(12)6(7(8,9)10)2-4(11)3-6/h4H,2-3,11H2,1H3. The van der Waals surface area contributed by atoms with Crippen molar-refractivity contribution < 1.29 is 22.7 Å². The topological polar surface area (TPSA) is 52.3 Å². The lowest BCUT2D eigenvalue weighted by Gasteiger charge is -2.44. The van der Waals surface area contributed by atoms with Gasteiger partial charge in [-0.15, -0.1) is 0 Å². The van der Waals surface area contributed by atoms with Crippen LogP contribution in [0.1, 0.15) is 12.8 Å². The molecule has 3 nitrogen and oxygen atoms in total. The molecule has 0 heterocycles. The van der Waals surface area contributed by atoms with Crippen LogP contribution in [-0.4, -0.2) is 25.3 Å². The van der Waals surface area contributed by atoms with Crippen LogP contribution in [0.2, 0.25) is 0 Å². The molecule has 0 aliphatic heterocycles. The number of alkyl halides is 3. The van der Waals surface area contributed by atoms with E-state index in [1.54, 1.807) is 0 Å². The Labute approximate surface area is 73.0 Å². The van der Waals surface area contributed by atoms with Crippen LogP contribution in [0.4, 0.5) is 13.2 Å². The van der Waals surface area contributed by atoms with Crippen molar-refractivity contribution in [3.63, 3.8) is 0 Å². The van der Waals surface area contributed by atoms with Crippen LogP contribution < -0.4 is 5.73 Å². The van der Waals surface area contributed by atoms with Crippen molar-refractivity contribution in [1.29, 1.82) is 0 Å². The third-order valence-electron chi connectivity index (χ3n) is 2.34. The van der Waals surface area contributed by atoms with Gasteiger partial charge in [0.05, 0.1) is 7.11 Å². The Morgan fingerprint density at radius 2 is 2.00 bits per heavy atom. The molecule has 1 saturated carbocycles. The largest absolute Gasteiger partial charge is 0.468 e. The van der Waals surface area contributed by atoms with Gasteiger partial charge in [-0.1, -0.05) is 0 Å². The lowest BCUT2D eigenvalue weighted by atomic mass is 9.65. The zero-order chi connectivity index (χ0) is 10.3. The summed E-state index contributed by atoms with van der Waals surface area (Å²) in [5.74, 6) is -1.23. The Morgan fingerprint density at radius 1 is 1.54 bits per heavy atom. The van der Waals surface area contributed by atoms with Crippen LogP contribution in [0, 0.1) is 5.41 Å². The number of nitrogens with two attached hydrogens (primary N) is 1. The van der Waals surface area contributed by atoms with Crippen molar-refractivity contribution in [1.82, 2.24) is 0 Å². The molecule has 1 aliphatic carbocycles. The van der Waals surface area contributed by atoms with Crippen molar-refractivity contribution in [3.05, 3.63) is 0 Å². The SMILES string of the molecule is COC(=O)C1(C(F)(F)F)CC(N)C1. The number of esters is 1. The molecule has 0 atom stereocenters. The van der Waals surface area contributed by atoms with Crippen molar-refractivity contribution in [2.24, 2.45) is 11.1 Å². The molecule has 0 aromatic rings. The Hall–Kier alpha value is -0.780. The number of ether oxygens (including phenoxy) is 1. The number of methoxy groups -OCH3 is 1. The molecule has 0 amide bonds. The zero-order valence-corrected chi connectivity index (χ0v) is 7.02. The van der Waals surface area contributed by atoms with E-state index in [-0.39, 0.29) is 12.8 Å². The summed E-state index contributed by atoms with van der Waals surface area (Å²) in [7, 11) is 0.944. The van der Waals surface area contributed by atoms with Crippen LogP contribution in [0.15, 0.2) is 0 Å². The van der Waals surface area contributed by atoms with Gasteiger partial charge in [0.2, 0.25) is 0 Å². The Morgan fingerprint density at radius 3 is 2.23 bits per heavy atom. The lowest BCUT2D eigenvalue weighted by molar-refractivity contribution is -0.256. The van der Waals surface area contributed by atoms with Crippen LogP contribution >= 0.6 is 0 Å². The fraction of sp³-hybridized carbons (Fsp3) is 0.857. The van der Waals surface area contributed by atoms with E-state index in [1.165, 1.54) is 0 Å². The van der Waals surface area contributed by atoms with E-state index in [2.05, 4.69) is 4.74 Å². The molecule has 0 spiro atoms. The van der Waals surface area contributed by atoms with Gasteiger partial charge in [-0.25, -0.2) is 0 Å². The first-order chi connectivity index (χ1) is 5.83. The minimum Gasteiger partial charge on any atom is -0.468 e. The van der Waals surface area contributed by atoms with E-state index in [0.717, 1.165) is 7.11 Å². The predicted molar refractivity (Wildman–Crippen MR) is 37.7 cm³/mol. The number of hydrogen-bond donors (Lipinski definition) is 1. The Balaban J connectivity index is 2.85. The van der Waals surface area contributed by atoms with Gasteiger partial charge in [0, 0.05) is 6.04 Å². The summed E-state index contributed by atoms with van der Waals surface area (Å²) in [5.41, 5.74) is 2.89. The molecular formula is C7H10F3NO2. The molecule has 13 heavy (non-hydrogen) atoms. The summed E-state index contributed by atoms with van der Waals surface area (Å²) in [6.07, 6.45) is -5.30. The van der Waals surface area contributed by atoms with E-state index >= 15 is 0 Å². The van der Waals surface area contributed by atoms with Gasteiger partial charge >= 0.3 is 12.1 Å². The molecule has 1 fully saturated rings. The van der Waals surface area contributed by atoms with Gasteiger partial charge in [0.25, 0.3) is 0 Å². The second-order valence-corrected chi connectivity index (χ2v) is 3.24. The molecule has 2 N–H and O–H groups in total. The van der Waals surface area contributed by atoms with E-state index in [0.29, 0.717) is 0 Å². The maximum atomic E-state index is 12.4. The summed E-state index contributed by atoms with van der Waals surface area (Å²) in [6, 6.07) is -0.555. The lowest BCUT2D eigenvalue weighted by Crippen LogP contribution is -2.59. The smallest absolute Gasteiger partial charge is 0.405 e. The highest BCUT2D eigenvalue weighted by Gasteiger charge is 2.67. The van der Waals surface area contributed by atoms with Crippen molar-refractivity contribution >= 4 is 5.97 Å². The average Bonchev–Trinajstić information content (AvgIpc) is 1.94. The molecule has 76 valence electrons. The van der Waals surface area contributed by atoms with Gasteiger partial charge in [0.15, 0.2) is 5.41 Å². The fourth-order valence-electron chi connectivity index (χ4n) is 1.54. The van der Waals surface area contributed by atoms with Gasteiger partial charge in [-0.05, 0) is 12.8 Å². The second kappa shape index (κ2) is 2.87. The molecular weight excluding hydrogens is 187 g/mol. The minimum atomic E-state index is -4.56. The first-order valence-electron chi connectivity index (χ1n) is 3.74. The Kier molecular flexibility index (Phi) is 2.27. The average molecular weight is 197 g/mol. The van der Waals surface area contributed by atoms with Crippen LogP contribution in [0.3, 0.4) is 0 Å². The number of rotatable bonds is 1. The third kappa shape index (κ3) is 1.39. The third-order valence-corrected chi connectivity index (χ3v) is 2.34. The zero-order valence-electron chi connectivity index (χ0n) is 7.02. The predicted octanol–water partition coefficient (Wildman–Crippen LogP) is 0.829. The summed E-state index contributed by atoms with van der Waals surface area (Å²) in [5, 5.41) is 0. The van der Waals surface area contributed by atoms with Gasteiger partial charge in [0.1, 0.15) is 0 Å². The highest BCUT2D eigenvalue weighted by molar-refractivity contribution is 5.79. The maximum Gasteiger partial charge on any atom is 0.405 e. The summed E-state index contributed by atoms with van der Waals surface area (Å²) >= 11 is 0. The number of carbonyl (C=O) groups is 1. The monoisotopic (exact) mass is 197 g/mol. The molecule has 0 radical (unpaired) electrons. The molecule has 0 unspecified atom stereocenters. The molecule has 0 aromatic carbocycles. The van der Waals surface area contributed by atoms with E-state index in [9.17, 15) is 18.0 Å². The summed E-state index contributed by atoms with van der Waals surface area (Å²) in [4.78, 5) is 10.9. The number of halogens is 3. The van der Waals surface area contributed by atoms with Crippen LogP contribution in [-0.2, 0) is 9.53 Å². The normalized spacial score (nSPS) is 33.8. The van der Waals surface area contributed by atoms with Gasteiger partial charge < -0.3 is 10.5 Å². The van der Waals surface area contributed by atoms with Crippen LogP contribution in [0.5, 0.6) is 0 Å². The molecule has 0 aromatic heterocycles. The minimum absolute atomic E-state index is 0.372. The summed E-state index contributed by atoms with van der Waals surface area (Å²) in [6.45, 7) is 0. The van der Waals surface area contributed by atoms with Gasteiger partial charge in [-0.3, -0.25) is 4.79 Å². The Bertz CT molecular complexity index is 220. The van der Waals surface area contributed by atoms with Crippen molar-refractivity contribution in [2.45, 2.75) is 25.1 Å². The molecule has 1 rings (SSSR count). The van der Waals surface area contributed by atoms with E-state index < -0.39 is 23.6 Å². The highest BCUT2D eigenvalue weighted by Crippen LogP contribution is 2.53. The quantitative estimate of drug-likeness (QED) is 0.633. The van der Waals surface area contributed by atoms with Crippen molar-refractivity contribution in [2.75, 3.05) is 7.11 Å². The molecule has 0 bridgehead atoms. The molecule has 0 saturated heterocycles. The number of carbonyl (C=O) groups excluding carboxylic acids is 1. The summed E-state index contributed by atoms with van der Waals surface area (Å²) < 4.78 is 41.3. The van der Waals surface area contributed by atoms with Crippen LogP contribution in [0.25, 0.3) is 0 Å². The number of hydrogen-bond acceptors (Lipinski definition) is 3. The van der Waals surface area contributed by atoms with E-state index in [1.807, 2.05) is 0 Å².